The molecule has 0 atom stereocenters. The van der Waals surface area contributed by atoms with Gasteiger partial charge in [0.1, 0.15) is 12.1 Å². The summed E-state index contributed by atoms with van der Waals surface area (Å²) in [4.78, 5) is 7.33. The van der Waals surface area contributed by atoms with Gasteiger partial charge in [0.05, 0.1) is 0 Å². The number of benzene rings is 1. The number of aromatic nitrogens is 3. The van der Waals surface area contributed by atoms with E-state index in [-0.39, 0.29) is 0 Å². The molecule has 0 fully saturated rings. The molecule has 0 saturated heterocycles. The van der Waals surface area contributed by atoms with Crippen molar-refractivity contribution in [2.24, 2.45) is 0 Å². The smallest absolute Gasteiger partial charge is 0.116 e. The highest BCUT2D eigenvalue weighted by atomic mass is 15.1. The fourth-order valence-electron chi connectivity index (χ4n) is 1.60. The van der Waals surface area contributed by atoms with Crippen molar-refractivity contribution in [1.29, 1.82) is 0 Å². The summed E-state index contributed by atoms with van der Waals surface area (Å²) in [6.07, 6.45) is 5.47. The molecule has 0 aliphatic rings. The van der Waals surface area contributed by atoms with Gasteiger partial charge in [-0.05, 0) is 12.1 Å². The van der Waals surface area contributed by atoms with Crippen LogP contribution in [0.25, 0.3) is 16.7 Å². The van der Waals surface area contributed by atoms with E-state index in [1.54, 1.807) is 12.5 Å². The van der Waals surface area contributed by atoms with Crippen molar-refractivity contribution < 1.29 is 0 Å². The number of H-pyrrole nitrogens is 1. The minimum Gasteiger partial charge on any atom is -0.341 e. The summed E-state index contributed by atoms with van der Waals surface area (Å²) >= 11 is 0. The molecule has 1 aromatic carbocycles. The van der Waals surface area contributed by atoms with E-state index >= 15 is 0 Å². The van der Waals surface area contributed by atoms with Gasteiger partial charge in [0.25, 0.3) is 0 Å². The molecule has 0 aliphatic heterocycles. The monoisotopic (exact) mass is 183 g/mol. The number of nitrogens with one attached hydrogen (secondary N) is 1. The quantitative estimate of drug-likeness (QED) is 0.617. The third-order valence-electron chi connectivity index (χ3n) is 2.30. The molecule has 0 unspecified atom stereocenters. The van der Waals surface area contributed by atoms with E-state index < -0.39 is 0 Å². The highest BCUT2D eigenvalue weighted by molar-refractivity contribution is 5.81. The first-order valence-corrected chi connectivity index (χ1v) is 4.49. The van der Waals surface area contributed by atoms with Crippen molar-refractivity contribution in [2.75, 3.05) is 0 Å². The highest BCUT2D eigenvalue weighted by Crippen LogP contribution is 2.16. The third kappa shape index (κ3) is 1.03. The van der Waals surface area contributed by atoms with Gasteiger partial charge in [-0.15, -0.1) is 0 Å². The number of rotatable bonds is 1. The van der Waals surface area contributed by atoms with Crippen LogP contribution < -0.4 is 0 Å². The molecular weight excluding hydrogens is 174 g/mol. The number of imidazole rings is 1. The number of fused-ring (bicyclic) bond motifs is 1. The van der Waals surface area contributed by atoms with E-state index in [4.69, 9.17) is 0 Å². The van der Waals surface area contributed by atoms with Crippen molar-refractivity contribution in [2.45, 2.75) is 0 Å². The Morgan fingerprint density at radius 1 is 1.21 bits per heavy atom. The van der Waals surface area contributed by atoms with E-state index in [1.807, 2.05) is 22.9 Å². The molecule has 0 radical (unpaired) electrons. The lowest BCUT2D eigenvalue weighted by Crippen LogP contribution is -1.88. The second-order valence-electron chi connectivity index (χ2n) is 3.21. The molecule has 2 heterocycles. The summed E-state index contributed by atoms with van der Waals surface area (Å²) in [5.74, 6) is 1.05. The lowest BCUT2D eigenvalue weighted by Gasteiger charge is -1.94. The minimum atomic E-state index is 1.05. The normalized spacial score (nSPS) is 10.9. The Bertz CT molecular complexity index is 516. The van der Waals surface area contributed by atoms with Gasteiger partial charge in [-0.25, -0.2) is 4.98 Å². The Morgan fingerprint density at radius 2 is 2.14 bits per heavy atom. The zero-order valence-corrected chi connectivity index (χ0v) is 7.51. The Kier molecular flexibility index (Phi) is 1.44. The van der Waals surface area contributed by atoms with Crippen LogP contribution in [0.5, 0.6) is 0 Å². The molecule has 3 rings (SSSR count). The number of nitrogens with zero attached hydrogens (tertiary/aromatic N) is 2. The maximum absolute atomic E-state index is 4.01. The van der Waals surface area contributed by atoms with Crippen molar-refractivity contribution in [3.8, 4) is 5.82 Å². The molecular formula is C11H9N3. The summed E-state index contributed by atoms with van der Waals surface area (Å²) in [7, 11) is 0. The standard InChI is InChI=1S/C11H9N3/c1-2-4-10-9(3-1)7-11(13-10)14-6-5-12-8-14/h1-8,13H. The Balaban J connectivity index is 2.24. The first-order chi connectivity index (χ1) is 6.93. The van der Waals surface area contributed by atoms with Gasteiger partial charge >= 0.3 is 0 Å². The fraction of sp³-hybridized carbons (Fsp3) is 0. The second kappa shape index (κ2) is 2.73. The van der Waals surface area contributed by atoms with Crippen LogP contribution in [0.3, 0.4) is 0 Å². The van der Waals surface area contributed by atoms with E-state index in [0.29, 0.717) is 0 Å². The predicted octanol–water partition coefficient (Wildman–Crippen LogP) is 2.35. The average Bonchev–Trinajstić information content (AvgIpc) is 2.86. The van der Waals surface area contributed by atoms with Crippen LogP contribution in [-0.2, 0) is 0 Å². The summed E-state index contributed by atoms with van der Waals surface area (Å²) in [6.45, 7) is 0. The molecule has 3 nitrogen and oxygen atoms in total. The van der Waals surface area contributed by atoms with Gasteiger partial charge in [-0.1, -0.05) is 18.2 Å². The maximum Gasteiger partial charge on any atom is 0.116 e. The zero-order chi connectivity index (χ0) is 9.38. The van der Waals surface area contributed by atoms with Crippen LogP contribution in [-0.4, -0.2) is 14.5 Å². The topological polar surface area (TPSA) is 33.6 Å². The van der Waals surface area contributed by atoms with Crippen LogP contribution in [0.2, 0.25) is 0 Å². The van der Waals surface area contributed by atoms with Crippen LogP contribution in [0.15, 0.2) is 49.1 Å². The molecule has 0 amide bonds. The lowest BCUT2D eigenvalue weighted by atomic mass is 10.2. The number of hydrogen-bond donors (Lipinski definition) is 1. The molecule has 2 aromatic heterocycles. The molecule has 3 aromatic rings. The Labute approximate surface area is 81.0 Å². The summed E-state index contributed by atoms with van der Waals surface area (Å²) < 4.78 is 1.96. The number of aromatic amines is 1. The molecule has 0 saturated carbocycles. The number of hydrogen-bond acceptors (Lipinski definition) is 1. The van der Waals surface area contributed by atoms with Crippen LogP contribution in [0.4, 0.5) is 0 Å². The minimum absolute atomic E-state index is 1.05. The first-order valence-electron chi connectivity index (χ1n) is 4.49. The maximum atomic E-state index is 4.01. The molecule has 3 heteroatoms. The molecule has 0 bridgehead atoms. The second-order valence-corrected chi connectivity index (χ2v) is 3.21. The summed E-state index contributed by atoms with van der Waals surface area (Å²) in [5, 5.41) is 1.22. The molecule has 0 spiro atoms. The van der Waals surface area contributed by atoms with E-state index in [1.165, 1.54) is 5.39 Å². The zero-order valence-electron chi connectivity index (χ0n) is 7.51. The molecule has 68 valence electrons. The van der Waals surface area contributed by atoms with Gasteiger partial charge in [-0.2, -0.15) is 0 Å². The third-order valence-corrected chi connectivity index (χ3v) is 2.30. The van der Waals surface area contributed by atoms with Crippen molar-refractivity contribution in [3.05, 3.63) is 49.1 Å². The van der Waals surface area contributed by atoms with Gasteiger partial charge < -0.3 is 4.98 Å². The van der Waals surface area contributed by atoms with Crippen LogP contribution in [0.1, 0.15) is 0 Å². The van der Waals surface area contributed by atoms with Crippen molar-refractivity contribution in [3.63, 3.8) is 0 Å². The number of para-hydroxylation sites is 1. The fourth-order valence-corrected chi connectivity index (χ4v) is 1.60. The van der Waals surface area contributed by atoms with Gasteiger partial charge in [-0.3, -0.25) is 4.57 Å². The van der Waals surface area contributed by atoms with E-state index in [9.17, 15) is 0 Å². The summed E-state index contributed by atoms with van der Waals surface area (Å²) in [6, 6.07) is 10.3. The van der Waals surface area contributed by atoms with Gasteiger partial charge in [0, 0.05) is 23.3 Å². The predicted molar refractivity (Wildman–Crippen MR) is 55.4 cm³/mol. The van der Waals surface area contributed by atoms with E-state index in [2.05, 4.69) is 28.2 Å². The molecule has 1 N–H and O–H groups in total. The van der Waals surface area contributed by atoms with Crippen LogP contribution >= 0.6 is 0 Å². The Hall–Kier alpha value is -2.03. The lowest BCUT2D eigenvalue weighted by molar-refractivity contribution is 1.02. The highest BCUT2D eigenvalue weighted by Gasteiger charge is 2.00. The van der Waals surface area contributed by atoms with Gasteiger partial charge in [0.15, 0.2) is 0 Å². The van der Waals surface area contributed by atoms with Crippen molar-refractivity contribution in [1.82, 2.24) is 14.5 Å². The summed E-state index contributed by atoms with van der Waals surface area (Å²) in [5.41, 5.74) is 1.15. The van der Waals surface area contributed by atoms with E-state index in [0.717, 1.165) is 11.3 Å². The molecule has 0 aliphatic carbocycles. The first kappa shape index (κ1) is 7.38. The molecule has 14 heavy (non-hydrogen) atoms. The average molecular weight is 183 g/mol. The van der Waals surface area contributed by atoms with Crippen molar-refractivity contribution >= 4 is 10.9 Å². The van der Waals surface area contributed by atoms with Gasteiger partial charge in [0.2, 0.25) is 0 Å². The van der Waals surface area contributed by atoms with Crippen LogP contribution in [0, 0.1) is 0 Å². The SMILES string of the molecule is c1ccc2[nH]c(-n3ccnc3)cc2c1. The Morgan fingerprint density at radius 3 is 2.93 bits per heavy atom. The largest absolute Gasteiger partial charge is 0.341 e.